The Kier molecular flexibility index (Phi) is 13.1. The van der Waals surface area contributed by atoms with Crippen LogP contribution in [0.15, 0.2) is 60.9 Å². The summed E-state index contributed by atoms with van der Waals surface area (Å²) >= 11 is 12.7. The van der Waals surface area contributed by atoms with Gasteiger partial charge < -0.3 is 50.8 Å². The van der Waals surface area contributed by atoms with Gasteiger partial charge in [-0.1, -0.05) is 23.2 Å². The molecule has 2 atom stereocenters. The summed E-state index contributed by atoms with van der Waals surface area (Å²) in [6.07, 6.45) is 3.40. The average Bonchev–Trinajstić information content (AvgIpc) is 3.87. The third-order valence-electron chi connectivity index (χ3n) is 9.98. The van der Waals surface area contributed by atoms with Gasteiger partial charge in [-0.2, -0.15) is 0 Å². The molecule has 2 saturated heterocycles. The number of fused-ring (bicyclic) bond motifs is 2. The van der Waals surface area contributed by atoms with Crippen LogP contribution in [0.2, 0.25) is 10.0 Å². The Balaban J connectivity index is 0.000000172. The number of halogens is 2. The smallest absolute Gasteiger partial charge is 0.264 e. The first kappa shape index (κ1) is 39.5. The van der Waals surface area contributed by atoms with Crippen molar-refractivity contribution >= 4 is 46.7 Å². The van der Waals surface area contributed by atoms with E-state index in [4.69, 9.17) is 42.9 Å². The van der Waals surface area contributed by atoms with Crippen molar-refractivity contribution in [2.24, 2.45) is 0 Å². The second-order valence-electron chi connectivity index (χ2n) is 13.8. The van der Waals surface area contributed by atoms with Crippen molar-refractivity contribution in [3.05, 3.63) is 82.1 Å². The van der Waals surface area contributed by atoms with Gasteiger partial charge in [0.2, 0.25) is 0 Å². The minimum atomic E-state index is -0.515. The standard InChI is InChI=1S/2C20H23ClN4O3/c2*21-15-9-14-10-17(20(27)25-6-3-22-4-7-25)28-19(14)16(12-15)13-1-2-23-18(11-13)24-5-8-26/h2*1-2,9,11-12,17,22,26H,3-8,10H2,(H,23,24)/t2*17-/m10/s1. The number of benzene rings is 2. The number of aliphatic hydroxyl groups excluding tert-OH is 2. The fourth-order valence-electron chi connectivity index (χ4n) is 7.29. The third-order valence-corrected chi connectivity index (χ3v) is 10.4. The van der Waals surface area contributed by atoms with Gasteiger partial charge in [0, 0.05) is 123 Å². The van der Waals surface area contributed by atoms with Crippen molar-refractivity contribution in [3.8, 4) is 33.8 Å². The zero-order valence-electron chi connectivity index (χ0n) is 30.9. The van der Waals surface area contributed by atoms with E-state index in [1.165, 1.54) is 0 Å². The Morgan fingerprint density at radius 3 is 1.48 bits per heavy atom. The van der Waals surface area contributed by atoms with Crippen LogP contribution in [0.5, 0.6) is 11.5 Å². The summed E-state index contributed by atoms with van der Waals surface area (Å²) in [5.41, 5.74) is 5.35. The van der Waals surface area contributed by atoms with Crippen molar-refractivity contribution in [1.82, 2.24) is 30.4 Å². The van der Waals surface area contributed by atoms with E-state index < -0.39 is 12.2 Å². The van der Waals surface area contributed by atoms with Crippen molar-refractivity contribution in [2.75, 3.05) is 89.3 Å². The number of pyridine rings is 2. The minimum absolute atomic E-state index is 0.0252. The SMILES string of the molecule is O=C([C@@H]1Cc2cc(Cl)cc(-c3ccnc(NCCO)c3)c2O1)N1CCNCC1.O=C([C@H]1Cc2cc(Cl)cc(-c3ccnc(NCCO)c3)c2O1)N1CCNCC1. The maximum absolute atomic E-state index is 12.9. The fourth-order valence-corrected chi connectivity index (χ4v) is 7.77. The van der Waals surface area contributed by atoms with E-state index in [1.54, 1.807) is 12.4 Å². The normalized spacial score (nSPS) is 18.5. The molecule has 6 N–H and O–H groups in total. The van der Waals surface area contributed by atoms with Crippen molar-refractivity contribution in [3.63, 3.8) is 0 Å². The van der Waals surface area contributed by atoms with Crippen molar-refractivity contribution < 1.29 is 29.3 Å². The molecule has 2 fully saturated rings. The number of aromatic nitrogens is 2. The Morgan fingerprint density at radius 1 is 0.679 bits per heavy atom. The number of piperazine rings is 2. The maximum Gasteiger partial charge on any atom is 0.264 e. The summed E-state index contributed by atoms with van der Waals surface area (Å²) in [5, 5.41) is 31.8. The number of rotatable bonds is 10. The molecule has 0 spiro atoms. The number of carbonyl (C=O) groups excluding carboxylic acids is 2. The van der Waals surface area contributed by atoms with Gasteiger partial charge in [-0.3, -0.25) is 9.59 Å². The molecule has 0 saturated carbocycles. The molecule has 2 amide bonds. The average molecular weight is 806 g/mol. The number of anilines is 2. The summed E-state index contributed by atoms with van der Waals surface area (Å²) in [6.45, 7) is 6.93. The molecule has 56 heavy (non-hydrogen) atoms. The van der Waals surface area contributed by atoms with Gasteiger partial charge in [0.05, 0.1) is 13.2 Å². The molecule has 0 bridgehead atoms. The first-order valence-electron chi connectivity index (χ1n) is 18.9. The number of nitrogens with one attached hydrogen (secondary N) is 4. The van der Waals surface area contributed by atoms with Crippen LogP contribution < -0.4 is 30.7 Å². The van der Waals surface area contributed by atoms with Gasteiger partial charge in [0.1, 0.15) is 23.1 Å². The van der Waals surface area contributed by atoms with Gasteiger partial charge in [0.15, 0.2) is 12.2 Å². The largest absolute Gasteiger partial charge is 0.479 e. The number of carbonyl (C=O) groups is 2. The lowest BCUT2D eigenvalue weighted by atomic mass is 10.0. The first-order valence-corrected chi connectivity index (χ1v) is 19.7. The molecule has 16 heteroatoms. The highest BCUT2D eigenvalue weighted by Crippen LogP contribution is 2.43. The molecule has 2 aromatic heterocycles. The Hall–Kier alpha value is -4.70. The van der Waals surface area contributed by atoms with Gasteiger partial charge in [-0.25, -0.2) is 9.97 Å². The Bertz CT molecular complexity index is 1880. The molecular weight excluding hydrogens is 759 g/mol. The molecular formula is C40H46Cl2N8O6. The predicted molar refractivity (Wildman–Crippen MR) is 216 cm³/mol. The number of hydrogen-bond acceptors (Lipinski definition) is 12. The van der Waals surface area contributed by atoms with Crippen molar-refractivity contribution in [2.45, 2.75) is 25.0 Å². The zero-order valence-corrected chi connectivity index (χ0v) is 32.4. The first-order chi connectivity index (χ1) is 27.3. The van der Waals surface area contributed by atoms with Crippen LogP contribution >= 0.6 is 23.2 Å². The summed E-state index contributed by atoms with van der Waals surface area (Å²) in [7, 11) is 0. The number of aliphatic hydroxyl groups is 2. The van der Waals surface area contributed by atoms with Crippen LogP contribution in [0.1, 0.15) is 11.1 Å². The molecule has 296 valence electrons. The zero-order chi connectivity index (χ0) is 39.0. The van der Waals surface area contributed by atoms with Gasteiger partial charge in [-0.15, -0.1) is 0 Å². The van der Waals surface area contributed by atoms with E-state index >= 15 is 0 Å². The van der Waals surface area contributed by atoms with Crippen LogP contribution in [-0.2, 0) is 22.4 Å². The monoisotopic (exact) mass is 804 g/mol. The van der Waals surface area contributed by atoms with Crippen LogP contribution in [0.4, 0.5) is 11.6 Å². The lowest BCUT2D eigenvalue weighted by Crippen LogP contribution is -2.50. The highest BCUT2D eigenvalue weighted by atomic mass is 35.5. The summed E-state index contributed by atoms with van der Waals surface area (Å²) < 4.78 is 12.3. The summed E-state index contributed by atoms with van der Waals surface area (Å²) in [4.78, 5) is 38.0. The van der Waals surface area contributed by atoms with E-state index in [2.05, 4.69) is 31.2 Å². The molecule has 0 unspecified atom stereocenters. The highest BCUT2D eigenvalue weighted by Gasteiger charge is 2.36. The molecule has 0 aliphatic carbocycles. The van der Waals surface area contributed by atoms with E-state index in [0.29, 0.717) is 85.3 Å². The Morgan fingerprint density at radius 2 is 1.09 bits per heavy atom. The van der Waals surface area contributed by atoms with E-state index in [0.717, 1.165) is 59.6 Å². The van der Waals surface area contributed by atoms with Crippen LogP contribution in [0.3, 0.4) is 0 Å². The molecule has 6 heterocycles. The molecule has 2 aromatic carbocycles. The molecule has 4 aliphatic heterocycles. The highest BCUT2D eigenvalue weighted by molar-refractivity contribution is 6.31. The third kappa shape index (κ3) is 9.28. The number of ether oxygens (including phenoxy) is 2. The molecule has 4 aliphatic rings. The van der Waals surface area contributed by atoms with E-state index in [9.17, 15) is 9.59 Å². The fraction of sp³-hybridized carbons (Fsp3) is 0.400. The number of hydrogen-bond donors (Lipinski definition) is 6. The number of amides is 2. The molecule has 8 rings (SSSR count). The van der Waals surface area contributed by atoms with Gasteiger partial charge >= 0.3 is 0 Å². The maximum atomic E-state index is 12.9. The van der Waals surface area contributed by atoms with Crippen LogP contribution in [0, 0.1) is 0 Å². The second kappa shape index (κ2) is 18.5. The molecule has 0 radical (unpaired) electrons. The van der Waals surface area contributed by atoms with Crippen LogP contribution in [0.25, 0.3) is 22.3 Å². The lowest BCUT2D eigenvalue weighted by molar-refractivity contribution is -0.139. The minimum Gasteiger partial charge on any atom is -0.479 e. The summed E-state index contributed by atoms with van der Waals surface area (Å²) in [6, 6.07) is 15.0. The predicted octanol–water partition coefficient (Wildman–Crippen LogP) is 3.08. The van der Waals surface area contributed by atoms with Crippen molar-refractivity contribution in [1.29, 1.82) is 0 Å². The number of nitrogens with zero attached hydrogens (tertiary/aromatic N) is 4. The van der Waals surface area contributed by atoms with Crippen LogP contribution in [-0.4, -0.2) is 133 Å². The Labute approximate surface area is 335 Å². The molecule has 14 nitrogen and oxygen atoms in total. The second-order valence-corrected chi connectivity index (χ2v) is 14.7. The quantitative estimate of drug-likeness (QED) is 0.139. The summed E-state index contributed by atoms with van der Waals surface area (Å²) in [5.74, 6) is 2.78. The van der Waals surface area contributed by atoms with E-state index in [1.807, 2.05) is 58.3 Å². The van der Waals surface area contributed by atoms with Gasteiger partial charge in [0.25, 0.3) is 11.8 Å². The molecule has 4 aromatic rings. The topological polar surface area (TPSA) is 173 Å². The van der Waals surface area contributed by atoms with Gasteiger partial charge in [-0.05, 0) is 59.7 Å². The lowest BCUT2D eigenvalue weighted by Gasteiger charge is -2.29. The van der Waals surface area contributed by atoms with E-state index in [-0.39, 0.29) is 25.0 Å².